The second-order valence-corrected chi connectivity index (χ2v) is 6.77. The van der Waals surface area contributed by atoms with Gasteiger partial charge in [-0.3, -0.25) is 4.79 Å². The summed E-state index contributed by atoms with van der Waals surface area (Å²) >= 11 is 0. The molecular formula is C25H21N3O4. The Labute approximate surface area is 185 Å². The van der Waals surface area contributed by atoms with E-state index in [-0.39, 0.29) is 18.0 Å². The third kappa shape index (κ3) is 4.67. The van der Waals surface area contributed by atoms with Gasteiger partial charge in [0.25, 0.3) is 5.91 Å². The predicted octanol–water partition coefficient (Wildman–Crippen LogP) is 5.09. The maximum absolute atomic E-state index is 13.1. The van der Waals surface area contributed by atoms with Crippen molar-refractivity contribution in [3.63, 3.8) is 0 Å². The summed E-state index contributed by atoms with van der Waals surface area (Å²) in [6.07, 6.45) is 1.38. The number of rotatable bonds is 7. The maximum Gasteiger partial charge on any atom is 0.343 e. The van der Waals surface area contributed by atoms with E-state index in [2.05, 4.69) is 10.4 Å². The van der Waals surface area contributed by atoms with Crippen LogP contribution in [0.3, 0.4) is 0 Å². The Hall–Kier alpha value is -4.39. The summed E-state index contributed by atoms with van der Waals surface area (Å²) in [5.41, 5.74) is 1.23. The van der Waals surface area contributed by atoms with E-state index in [4.69, 9.17) is 9.47 Å². The molecule has 4 rings (SSSR count). The van der Waals surface area contributed by atoms with Crippen LogP contribution in [-0.4, -0.2) is 28.3 Å². The van der Waals surface area contributed by atoms with Gasteiger partial charge in [0.15, 0.2) is 5.82 Å². The summed E-state index contributed by atoms with van der Waals surface area (Å²) in [5, 5.41) is 7.10. The summed E-state index contributed by atoms with van der Waals surface area (Å²) in [6, 6.07) is 25.3. The highest BCUT2D eigenvalue weighted by Crippen LogP contribution is 2.25. The van der Waals surface area contributed by atoms with Gasteiger partial charge < -0.3 is 14.8 Å². The van der Waals surface area contributed by atoms with Crippen LogP contribution in [0.25, 0.3) is 5.69 Å². The molecule has 7 nitrogen and oxygen atoms in total. The molecule has 0 saturated heterocycles. The summed E-state index contributed by atoms with van der Waals surface area (Å²) in [4.78, 5) is 25.5. The van der Waals surface area contributed by atoms with Crippen LogP contribution in [0.2, 0.25) is 0 Å². The normalized spacial score (nSPS) is 10.4. The first-order chi connectivity index (χ1) is 15.7. The third-order valence-electron chi connectivity index (χ3n) is 4.57. The molecule has 0 unspecified atom stereocenters. The Morgan fingerprint density at radius 3 is 2.31 bits per heavy atom. The van der Waals surface area contributed by atoms with E-state index < -0.39 is 11.9 Å². The molecule has 0 fully saturated rings. The highest BCUT2D eigenvalue weighted by atomic mass is 16.5. The number of para-hydroxylation sites is 2. The molecule has 1 amide bonds. The molecule has 0 spiro atoms. The van der Waals surface area contributed by atoms with Crippen molar-refractivity contribution in [1.82, 2.24) is 9.78 Å². The van der Waals surface area contributed by atoms with Crippen LogP contribution in [0.15, 0.2) is 91.1 Å². The van der Waals surface area contributed by atoms with Crippen LogP contribution in [0, 0.1) is 0 Å². The minimum Gasteiger partial charge on any atom is -0.462 e. The molecule has 4 aromatic rings. The van der Waals surface area contributed by atoms with Crippen molar-refractivity contribution in [2.24, 2.45) is 0 Å². The van der Waals surface area contributed by atoms with Crippen LogP contribution < -0.4 is 10.1 Å². The first-order valence-corrected chi connectivity index (χ1v) is 10.1. The molecule has 160 valence electrons. The number of nitrogens with zero attached hydrogens (tertiary/aromatic N) is 2. The van der Waals surface area contributed by atoms with Crippen LogP contribution >= 0.6 is 0 Å². The standard InChI is InChI=1S/C25H21N3O4/c1-2-31-25(30)22-17-26-28(19-11-5-3-6-12-19)23(22)27-24(29)18-10-9-15-21(16-18)32-20-13-7-4-8-14-20/h3-17H,2H2,1H3,(H,27,29). The molecule has 0 aliphatic heterocycles. The number of nitrogens with one attached hydrogen (secondary N) is 1. The Balaban J connectivity index is 1.63. The number of ether oxygens (including phenoxy) is 2. The maximum atomic E-state index is 13.1. The van der Waals surface area contributed by atoms with E-state index in [1.807, 2.05) is 60.7 Å². The number of carbonyl (C=O) groups is 2. The second-order valence-electron chi connectivity index (χ2n) is 6.77. The van der Waals surface area contributed by atoms with E-state index in [1.54, 1.807) is 31.2 Å². The average molecular weight is 427 g/mol. The van der Waals surface area contributed by atoms with Crippen LogP contribution in [0.5, 0.6) is 11.5 Å². The average Bonchev–Trinajstić information content (AvgIpc) is 3.24. The highest BCUT2D eigenvalue weighted by Gasteiger charge is 2.22. The predicted molar refractivity (Wildman–Crippen MR) is 120 cm³/mol. The fourth-order valence-corrected chi connectivity index (χ4v) is 3.10. The van der Waals surface area contributed by atoms with Gasteiger partial charge in [0.1, 0.15) is 17.1 Å². The van der Waals surface area contributed by atoms with Gasteiger partial charge in [-0.2, -0.15) is 5.10 Å². The largest absolute Gasteiger partial charge is 0.462 e. The number of carbonyl (C=O) groups excluding carboxylic acids is 2. The summed E-state index contributed by atoms with van der Waals surface area (Å²) < 4.78 is 12.4. The van der Waals surface area contributed by atoms with E-state index in [9.17, 15) is 9.59 Å². The van der Waals surface area contributed by atoms with Crippen LogP contribution in [-0.2, 0) is 4.74 Å². The monoisotopic (exact) mass is 427 g/mol. The molecule has 1 heterocycles. The Kier molecular flexibility index (Phi) is 6.27. The number of benzene rings is 3. The van der Waals surface area contributed by atoms with Gasteiger partial charge in [-0.25, -0.2) is 9.48 Å². The number of anilines is 1. The molecular weight excluding hydrogens is 406 g/mol. The van der Waals surface area contributed by atoms with Crippen LogP contribution in [0.1, 0.15) is 27.6 Å². The molecule has 1 N–H and O–H groups in total. The Morgan fingerprint density at radius 1 is 0.906 bits per heavy atom. The first kappa shape index (κ1) is 20.9. The minimum atomic E-state index is -0.564. The summed E-state index contributed by atoms with van der Waals surface area (Å²) in [5.74, 6) is 0.440. The van der Waals surface area contributed by atoms with Gasteiger partial charge in [0.05, 0.1) is 18.5 Å². The molecule has 32 heavy (non-hydrogen) atoms. The molecule has 0 aliphatic carbocycles. The zero-order valence-electron chi connectivity index (χ0n) is 17.4. The van der Waals surface area contributed by atoms with Gasteiger partial charge in [-0.05, 0) is 49.4 Å². The summed E-state index contributed by atoms with van der Waals surface area (Å²) in [7, 11) is 0. The van der Waals surface area contributed by atoms with Crippen molar-refractivity contribution in [2.75, 3.05) is 11.9 Å². The minimum absolute atomic E-state index is 0.167. The van der Waals surface area contributed by atoms with Crippen molar-refractivity contribution >= 4 is 17.7 Å². The molecule has 0 aliphatic rings. The molecule has 7 heteroatoms. The third-order valence-corrected chi connectivity index (χ3v) is 4.57. The van der Waals surface area contributed by atoms with E-state index in [1.165, 1.54) is 10.9 Å². The van der Waals surface area contributed by atoms with E-state index >= 15 is 0 Å². The lowest BCUT2D eigenvalue weighted by Gasteiger charge is -2.12. The van der Waals surface area contributed by atoms with Gasteiger partial charge in [-0.1, -0.05) is 42.5 Å². The van der Waals surface area contributed by atoms with Crippen LogP contribution in [0.4, 0.5) is 5.82 Å². The van der Waals surface area contributed by atoms with Crippen molar-refractivity contribution in [3.8, 4) is 17.2 Å². The molecule has 3 aromatic carbocycles. The molecule has 0 saturated carbocycles. The highest BCUT2D eigenvalue weighted by molar-refractivity contribution is 6.07. The van der Waals surface area contributed by atoms with Gasteiger partial charge in [0.2, 0.25) is 0 Å². The number of aromatic nitrogens is 2. The Bertz CT molecular complexity index is 1220. The lowest BCUT2D eigenvalue weighted by Crippen LogP contribution is -2.18. The van der Waals surface area contributed by atoms with Crippen molar-refractivity contribution in [3.05, 3.63) is 102 Å². The Morgan fingerprint density at radius 2 is 1.59 bits per heavy atom. The van der Waals surface area contributed by atoms with E-state index in [0.717, 1.165) is 0 Å². The van der Waals surface area contributed by atoms with E-state index in [0.29, 0.717) is 22.7 Å². The van der Waals surface area contributed by atoms with Gasteiger partial charge >= 0.3 is 5.97 Å². The second kappa shape index (κ2) is 9.61. The topological polar surface area (TPSA) is 82.5 Å². The number of hydrogen-bond donors (Lipinski definition) is 1. The first-order valence-electron chi connectivity index (χ1n) is 10.1. The number of hydrogen-bond acceptors (Lipinski definition) is 5. The SMILES string of the molecule is CCOC(=O)c1cnn(-c2ccccc2)c1NC(=O)c1cccc(Oc2ccccc2)c1. The molecule has 1 aromatic heterocycles. The lowest BCUT2D eigenvalue weighted by atomic mass is 10.2. The molecule has 0 atom stereocenters. The lowest BCUT2D eigenvalue weighted by molar-refractivity contribution is 0.0527. The zero-order valence-corrected chi connectivity index (χ0v) is 17.4. The van der Waals surface area contributed by atoms with Gasteiger partial charge in [0, 0.05) is 5.56 Å². The molecule has 0 radical (unpaired) electrons. The molecule has 0 bridgehead atoms. The van der Waals surface area contributed by atoms with Gasteiger partial charge in [-0.15, -0.1) is 0 Å². The number of amides is 1. The van der Waals surface area contributed by atoms with Crippen molar-refractivity contribution < 1.29 is 19.1 Å². The fraction of sp³-hybridized carbons (Fsp3) is 0.0800. The van der Waals surface area contributed by atoms with Crippen molar-refractivity contribution in [2.45, 2.75) is 6.92 Å². The summed E-state index contributed by atoms with van der Waals surface area (Å²) in [6.45, 7) is 1.93. The smallest absolute Gasteiger partial charge is 0.343 e. The zero-order chi connectivity index (χ0) is 22.3. The quantitative estimate of drug-likeness (QED) is 0.415. The fourth-order valence-electron chi connectivity index (χ4n) is 3.10. The number of esters is 1. The van der Waals surface area contributed by atoms with Crippen molar-refractivity contribution in [1.29, 1.82) is 0 Å².